The predicted octanol–water partition coefficient (Wildman–Crippen LogP) is 10.2. The quantitative estimate of drug-likeness (QED) is 0.129. The Balaban J connectivity index is 1.63. The number of carbonyl (C=O) groups excluding carboxylic acids is 2. The lowest BCUT2D eigenvalue weighted by Gasteiger charge is -2.54. The summed E-state index contributed by atoms with van der Waals surface area (Å²) in [7, 11) is 0. The fraction of sp³-hybridized carbons (Fsp3) is 0.186. The van der Waals surface area contributed by atoms with Gasteiger partial charge in [0.25, 0.3) is 0 Å². The number of nitriles is 1. The van der Waals surface area contributed by atoms with Gasteiger partial charge in [-0.1, -0.05) is 141 Å². The van der Waals surface area contributed by atoms with Crippen LogP contribution in [0, 0.1) is 22.7 Å². The number of fused-ring (bicyclic) bond motifs is 2. The van der Waals surface area contributed by atoms with Gasteiger partial charge in [0, 0.05) is 26.3 Å². The molecule has 1 aliphatic rings. The SMILES string of the molecule is CCOC(=O)C1(C#N)C(c2cccc(Br)c2)CC(O)(c2cccc3ccccc23)C(C(=O)c2cccc3ccccc23)C1c1cccc(Br)c1. The number of carbonyl (C=O) groups is 2. The average molecular weight is 788 g/mol. The highest BCUT2D eigenvalue weighted by Gasteiger charge is 2.68. The van der Waals surface area contributed by atoms with E-state index in [1.54, 1.807) is 13.0 Å². The van der Waals surface area contributed by atoms with Crippen molar-refractivity contribution in [1.82, 2.24) is 0 Å². The Bertz CT molecular complexity index is 2300. The van der Waals surface area contributed by atoms with E-state index in [2.05, 4.69) is 37.9 Å². The van der Waals surface area contributed by atoms with E-state index in [0.29, 0.717) is 26.7 Å². The molecule has 0 aliphatic heterocycles. The molecule has 0 heterocycles. The van der Waals surface area contributed by atoms with Gasteiger partial charge in [-0.25, -0.2) is 0 Å². The van der Waals surface area contributed by atoms with Crippen LogP contribution in [0.4, 0.5) is 0 Å². The van der Waals surface area contributed by atoms with Crippen LogP contribution < -0.4 is 0 Å². The van der Waals surface area contributed by atoms with E-state index in [1.165, 1.54) is 0 Å². The lowest BCUT2D eigenvalue weighted by atomic mass is 9.47. The number of Topliss-reactive ketones (excluding diaryl/α,β-unsaturated/α-hetero) is 1. The predicted molar refractivity (Wildman–Crippen MR) is 203 cm³/mol. The molecule has 6 aromatic rings. The highest BCUT2D eigenvalue weighted by Crippen LogP contribution is 2.64. The van der Waals surface area contributed by atoms with Gasteiger partial charge in [-0.2, -0.15) is 5.26 Å². The number of benzene rings is 6. The fourth-order valence-corrected chi connectivity index (χ4v) is 9.02. The lowest BCUT2D eigenvalue weighted by molar-refractivity contribution is -0.164. The molecule has 0 spiro atoms. The smallest absolute Gasteiger partial charge is 0.327 e. The summed E-state index contributed by atoms with van der Waals surface area (Å²) in [4.78, 5) is 30.4. The minimum absolute atomic E-state index is 0.0359. The second-order valence-electron chi connectivity index (χ2n) is 12.9. The van der Waals surface area contributed by atoms with Crippen molar-refractivity contribution in [3.63, 3.8) is 0 Å². The normalized spacial score (nSPS) is 23.3. The van der Waals surface area contributed by atoms with Crippen molar-refractivity contribution in [1.29, 1.82) is 5.26 Å². The van der Waals surface area contributed by atoms with Crippen LogP contribution in [-0.4, -0.2) is 23.5 Å². The minimum Gasteiger partial charge on any atom is -0.465 e. The molecule has 0 aromatic heterocycles. The van der Waals surface area contributed by atoms with Crippen molar-refractivity contribution in [2.75, 3.05) is 6.61 Å². The highest BCUT2D eigenvalue weighted by molar-refractivity contribution is 9.10. The molecule has 7 heteroatoms. The van der Waals surface area contributed by atoms with E-state index < -0.39 is 34.7 Å². The van der Waals surface area contributed by atoms with Gasteiger partial charge < -0.3 is 9.84 Å². The summed E-state index contributed by atoms with van der Waals surface area (Å²) in [6.45, 7) is 1.74. The summed E-state index contributed by atoms with van der Waals surface area (Å²) in [6.07, 6.45) is -0.102. The van der Waals surface area contributed by atoms with E-state index in [9.17, 15) is 15.2 Å². The lowest BCUT2D eigenvalue weighted by Crippen LogP contribution is -2.59. The van der Waals surface area contributed by atoms with Gasteiger partial charge >= 0.3 is 5.97 Å². The van der Waals surface area contributed by atoms with Crippen LogP contribution >= 0.6 is 31.9 Å². The number of ether oxygens (including phenoxy) is 1. The average Bonchev–Trinajstić information content (AvgIpc) is 3.13. The molecule has 5 unspecified atom stereocenters. The van der Waals surface area contributed by atoms with Crippen LogP contribution in [0.2, 0.25) is 0 Å². The van der Waals surface area contributed by atoms with Gasteiger partial charge in [-0.15, -0.1) is 0 Å². The van der Waals surface area contributed by atoms with Crippen molar-refractivity contribution >= 4 is 65.2 Å². The number of hydrogen-bond donors (Lipinski definition) is 1. The summed E-state index contributed by atoms with van der Waals surface area (Å²) < 4.78 is 7.28. The first kappa shape index (κ1) is 33.9. The number of halogens is 2. The number of esters is 1. The number of nitrogens with zero attached hydrogens (tertiary/aromatic N) is 1. The number of aliphatic hydroxyl groups is 1. The molecule has 7 rings (SSSR count). The summed E-state index contributed by atoms with van der Waals surface area (Å²) in [5.41, 5.74) is -1.58. The largest absolute Gasteiger partial charge is 0.465 e. The molecule has 6 aromatic carbocycles. The zero-order valence-electron chi connectivity index (χ0n) is 27.2. The molecule has 0 saturated heterocycles. The van der Waals surface area contributed by atoms with Gasteiger partial charge in [0.15, 0.2) is 11.2 Å². The molecule has 0 radical (unpaired) electrons. The van der Waals surface area contributed by atoms with Crippen molar-refractivity contribution in [2.24, 2.45) is 11.3 Å². The van der Waals surface area contributed by atoms with Gasteiger partial charge in [0.05, 0.1) is 18.6 Å². The maximum absolute atomic E-state index is 15.6. The molecular formula is C43H33Br2NO4. The highest BCUT2D eigenvalue weighted by atomic mass is 79.9. The second-order valence-corrected chi connectivity index (χ2v) is 14.7. The summed E-state index contributed by atoms with van der Waals surface area (Å²) >= 11 is 7.21. The van der Waals surface area contributed by atoms with Crippen molar-refractivity contribution in [3.05, 3.63) is 165 Å². The first-order valence-electron chi connectivity index (χ1n) is 16.5. The van der Waals surface area contributed by atoms with Crippen LogP contribution in [0.3, 0.4) is 0 Å². The molecule has 1 fully saturated rings. The summed E-state index contributed by atoms with van der Waals surface area (Å²) in [5, 5.41) is 28.5. The zero-order chi connectivity index (χ0) is 35.0. The third-order valence-electron chi connectivity index (χ3n) is 10.3. The minimum atomic E-state index is -1.92. The fourth-order valence-electron chi connectivity index (χ4n) is 8.18. The Morgan fingerprint density at radius 3 is 2.00 bits per heavy atom. The molecular weight excluding hydrogens is 754 g/mol. The van der Waals surface area contributed by atoms with Crippen LogP contribution in [0.1, 0.15) is 52.2 Å². The molecule has 1 aliphatic carbocycles. The van der Waals surface area contributed by atoms with Crippen LogP contribution in [-0.2, 0) is 15.1 Å². The summed E-state index contributed by atoms with van der Waals surface area (Å²) in [6, 6.07) is 44.0. The van der Waals surface area contributed by atoms with E-state index in [4.69, 9.17) is 4.74 Å². The molecule has 1 N–H and O–H groups in total. The molecule has 248 valence electrons. The first-order chi connectivity index (χ1) is 24.2. The number of ketones is 1. The molecule has 0 bridgehead atoms. The molecule has 5 nitrogen and oxygen atoms in total. The Morgan fingerprint density at radius 1 is 0.780 bits per heavy atom. The summed E-state index contributed by atoms with van der Waals surface area (Å²) in [5.74, 6) is -4.40. The van der Waals surface area contributed by atoms with Crippen LogP contribution in [0.5, 0.6) is 0 Å². The van der Waals surface area contributed by atoms with Gasteiger partial charge in [0.1, 0.15) is 5.60 Å². The zero-order valence-corrected chi connectivity index (χ0v) is 30.4. The number of hydrogen-bond acceptors (Lipinski definition) is 5. The standard InChI is InChI=1S/C43H33Br2NO4/c1-2-50-41(48)42(26-46)37(29-15-7-17-31(44)23-29)25-43(49,36-22-10-14-28-12-4-6-20-34(28)36)39(38(42)30-16-8-18-32(45)24-30)40(47)35-21-9-13-27-11-3-5-19-33(27)35/h3-24,37-39,49H,2,25H2,1H3. The van der Waals surface area contributed by atoms with Crippen molar-refractivity contribution in [3.8, 4) is 6.07 Å². The third kappa shape index (κ3) is 5.56. The molecule has 0 amide bonds. The molecule has 5 atom stereocenters. The van der Waals surface area contributed by atoms with Crippen molar-refractivity contribution in [2.45, 2.75) is 30.8 Å². The maximum Gasteiger partial charge on any atom is 0.327 e. The van der Waals surface area contributed by atoms with Gasteiger partial charge in [-0.05, 0) is 75.8 Å². The topological polar surface area (TPSA) is 87.4 Å². The van der Waals surface area contributed by atoms with Crippen LogP contribution in [0.25, 0.3) is 21.5 Å². The van der Waals surface area contributed by atoms with E-state index in [-0.39, 0.29) is 18.8 Å². The van der Waals surface area contributed by atoms with E-state index >= 15 is 4.79 Å². The maximum atomic E-state index is 15.6. The Hall–Kier alpha value is -4.61. The second kappa shape index (κ2) is 13.6. The molecule has 1 saturated carbocycles. The third-order valence-corrected chi connectivity index (χ3v) is 11.2. The van der Waals surface area contributed by atoms with E-state index in [0.717, 1.165) is 26.0 Å². The van der Waals surface area contributed by atoms with Crippen molar-refractivity contribution < 1.29 is 19.4 Å². The Morgan fingerprint density at radius 2 is 1.34 bits per heavy atom. The first-order valence-corrected chi connectivity index (χ1v) is 18.1. The van der Waals surface area contributed by atoms with E-state index in [1.807, 2.05) is 127 Å². The Labute approximate surface area is 307 Å². The monoisotopic (exact) mass is 785 g/mol. The van der Waals surface area contributed by atoms with Gasteiger partial charge in [0.2, 0.25) is 0 Å². The van der Waals surface area contributed by atoms with Gasteiger partial charge in [-0.3, -0.25) is 9.59 Å². The number of rotatable bonds is 7. The van der Waals surface area contributed by atoms with Crippen LogP contribution in [0.15, 0.2) is 142 Å². The Kier molecular flexibility index (Phi) is 9.21. The molecule has 50 heavy (non-hydrogen) atoms.